The Kier molecular flexibility index (Phi) is 6.08. The van der Waals surface area contributed by atoms with E-state index in [9.17, 15) is 0 Å². The minimum atomic E-state index is 0.976. The van der Waals surface area contributed by atoms with Gasteiger partial charge in [-0.15, -0.1) is 11.3 Å². The molecular weight excluding hydrogens is 601 g/mol. The molecule has 0 aliphatic heterocycles. The summed E-state index contributed by atoms with van der Waals surface area (Å²) in [5.74, 6) is 0. The molecule has 0 aliphatic carbocycles. The molecule has 0 atom stereocenters. The van der Waals surface area contributed by atoms with E-state index >= 15 is 0 Å². The van der Waals surface area contributed by atoms with E-state index in [0.29, 0.717) is 0 Å². The van der Waals surface area contributed by atoms with Crippen molar-refractivity contribution in [2.45, 2.75) is 0 Å². The van der Waals surface area contributed by atoms with Crippen LogP contribution in [0.2, 0.25) is 0 Å². The second kappa shape index (κ2) is 10.8. The first kappa shape index (κ1) is 27.1. The van der Waals surface area contributed by atoms with Crippen molar-refractivity contribution in [1.29, 1.82) is 0 Å². The van der Waals surface area contributed by atoms with Crippen molar-refractivity contribution in [3.63, 3.8) is 0 Å². The van der Waals surface area contributed by atoms with Crippen LogP contribution in [0.4, 0.5) is 0 Å². The maximum absolute atomic E-state index is 5.39. The second-order valence-corrected chi connectivity index (χ2v) is 13.4. The molecule has 0 spiro atoms. The number of fused-ring (bicyclic) bond motifs is 8. The molecule has 0 saturated heterocycles. The van der Waals surface area contributed by atoms with Crippen LogP contribution in [0.15, 0.2) is 170 Å². The third kappa shape index (κ3) is 4.22. The number of nitrogens with zero attached hydrogens (tertiary/aromatic N) is 2. The number of hydrogen-bond acceptors (Lipinski definition) is 2. The first-order valence-corrected chi connectivity index (χ1v) is 17.1. The van der Waals surface area contributed by atoms with Crippen LogP contribution in [0, 0.1) is 0 Å². The molecule has 10 rings (SSSR count). The summed E-state index contributed by atoms with van der Waals surface area (Å²) in [4.78, 5) is 5.39. The lowest BCUT2D eigenvalue weighted by Crippen LogP contribution is -1.92. The van der Waals surface area contributed by atoms with Gasteiger partial charge in [-0.1, -0.05) is 127 Å². The van der Waals surface area contributed by atoms with Gasteiger partial charge in [-0.05, 0) is 64.4 Å². The highest BCUT2D eigenvalue weighted by atomic mass is 32.1. The summed E-state index contributed by atoms with van der Waals surface area (Å²) in [6, 6.07) is 61.1. The molecule has 0 saturated carbocycles. The minimum absolute atomic E-state index is 0.976. The Bertz CT molecular complexity index is 2830. The first-order valence-electron chi connectivity index (χ1n) is 16.3. The van der Waals surface area contributed by atoms with E-state index in [2.05, 4.69) is 174 Å². The van der Waals surface area contributed by atoms with Crippen LogP contribution in [0.1, 0.15) is 0 Å². The Morgan fingerprint density at radius 2 is 1.12 bits per heavy atom. The molecule has 3 heterocycles. The molecule has 10 aromatic rings. The van der Waals surface area contributed by atoms with Gasteiger partial charge in [0, 0.05) is 47.8 Å². The zero-order chi connectivity index (χ0) is 31.6. The van der Waals surface area contributed by atoms with E-state index in [0.717, 1.165) is 28.1 Å². The molecule has 0 N–H and O–H groups in total. The maximum atomic E-state index is 5.39. The van der Waals surface area contributed by atoms with Gasteiger partial charge >= 0.3 is 0 Å². The van der Waals surface area contributed by atoms with Gasteiger partial charge in [-0.25, -0.2) is 4.98 Å². The fourth-order valence-electron chi connectivity index (χ4n) is 7.33. The van der Waals surface area contributed by atoms with Crippen LogP contribution in [0.25, 0.3) is 92.1 Å². The molecule has 0 aliphatic rings. The van der Waals surface area contributed by atoms with E-state index in [1.165, 1.54) is 64.0 Å². The zero-order valence-corrected chi connectivity index (χ0v) is 26.8. The normalized spacial score (nSPS) is 11.8. The van der Waals surface area contributed by atoms with Crippen molar-refractivity contribution < 1.29 is 0 Å². The Morgan fingerprint density at radius 3 is 2.00 bits per heavy atom. The Morgan fingerprint density at radius 1 is 0.417 bits per heavy atom. The number of rotatable bonds is 4. The third-order valence-electron chi connectivity index (χ3n) is 9.57. The van der Waals surface area contributed by atoms with E-state index in [-0.39, 0.29) is 0 Å². The molecule has 7 aromatic carbocycles. The van der Waals surface area contributed by atoms with E-state index in [1.54, 1.807) is 0 Å². The van der Waals surface area contributed by atoms with Crippen molar-refractivity contribution >= 4 is 64.1 Å². The summed E-state index contributed by atoms with van der Waals surface area (Å²) in [5.41, 5.74) is 10.2. The summed E-state index contributed by atoms with van der Waals surface area (Å²) >= 11 is 1.89. The van der Waals surface area contributed by atoms with Gasteiger partial charge in [-0.2, -0.15) is 0 Å². The Labute approximate surface area is 281 Å². The topological polar surface area (TPSA) is 17.8 Å². The third-order valence-corrected chi connectivity index (χ3v) is 10.8. The lowest BCUT2D eigenvalue weighted by Gasteiger charge is -2.11. The van der Waals surface area contributed by atoms with Crippen LogP contribution >= 0.6 is 11.3 Å². The highest BCUT2D eigenvalue weighted by molar-refractivity contribution is 7.27. The van der Waals surface area contributed by atoms with E-state index in [4.69, 9.17) is 4.98 Å². The summed E-state index contributed by atoms with van der Waals surface area (Å²) < 4.78 is 4.98. The molecule has 3 aromatic heterocycles. The number of pyridine rings is 1. The van der Waals surface area contributed by atoms with Crippen molar-refractivity contribution in [2.24, 2.45) is 0 Å². The Balaban J connectivity index is 1.24. The SMILES string of the molecule is c1ccc(-c2cc(-c3ccc4ccccc4c3)nc(-c3cccc4c3sc3c4ccc4c3c3ccccc3n4-c3ccccc3)c2)cc1. The molecule has 224 valence electrons. The fourth-order valence-corrected chi connectivity index (χ4v) is 8.71. The van der Waals surface area contributed by atoms with E-state index in [1.807, 2.05) is 11.3 Å². The molecule has 48 heavy (non-hydrogen) atoms. The molecule has 0 bridgehead atoms. The number of para-hydroxylation sites is 2. The monoisotopic (exact) mass is 628 g/mol. The molecule has 2 nitrogen and oxygen atoms in total. The van der Waals surface area contributed by atoms with Crippen molar-refractivity contribution in [2.75, 3.05) is 0 Å². The van der Waals surface area contributed by atoms with Gasteiger partial charge < -0.3 is 4.57 Å². The average Bonchev–Trinajstić information content (AvgIpc) is 3.71. The van der Waals surface area contributed by atoms with E-state index < -0.39 is 0 Å². The highest BCUT2D eigenvalue weighted by Gasteiger charge is 2.19. The van der Waals surface area contributed by atoms with Gasteiger partial charge in [0.15, 0.2) is 0 Å². The number of benzene rings is 7. The molecule has 0 amide bonds. The minimum Gasteiger partial charge on any atom is -0.309 e. The maximum Gasteiger partial charge on any atom is 0.0730 e. The fraction of sp³-hybridized carbons (Fsp3) is 0. The second-order valence-electron chi connectivity index (χ2n) is 12.4. The quantitative estimate of drug-likeness (QED) is 0.190. The first-order chi connectivity index (χ1) is 23.8. The molecule has 3 heteroatoms. The predicted molar refractivity (Wildman–Crippen MR) is 205 cm³/mol. The largest absolute Gasteiger partial charge is 0.309 e. The number of hydrogen-bond donors (Lipinski definition) is 0. The molecular formula is C45H28N2S. The van der Waals surface area contributed by atoms with Gasteiger partial charge in [0.1, 0.15) is 0 Å². The lowest BCUT2D eigenvalue weighted by atomic mass is 9.98. The summed E-state index contributed by atoms with van der Waals surface area (Å²) in [6.07, 6.45) is 0. The number of aromatic nitrogens is 2. The summed E-state index contributed by atoms with van der Waals surface area (Å²) in [7, 11) is 0. The van der Waals surface area contributed by atoms with Crippen molar-refractivity contribution in [3.05, 3.63) is 170 Å². The van der Waals surface area contributed by atoms with Crippen molar-refractivity contribution in [3.8, 4) is 39.3 Å². The van der Waals surface area contributed by atoms with Crippen LogP contribution in [0.5, 0.6) is 0 Å². The van der Waals surface area contributed by atoms with Crippen LogP contribution < -0.4 is 0 Å². The zero-order valence-electron chi connectivity index (χ0n) is 26.0. The smallest absolute Gasteiger partial charge is 0.0730 e. The number of thiophene rings is 1. The lowest BCUT2D eigenvalue weighted by molar-refractivity contribution is 1.18. The standard InChI is InChI=1S/C45H28N2S/c1-3-12-29(13-4-1)33-27-39(32-23-22-30-14-7-8-15-31(30)26-32)46-40(28-33)37-20-11-19-35-36-24-25-42-43(45(36)48-44(35)37)38-18-9-10-21-41(38)47(42)34-16-5-2-6-17-34/h1-28H. The molecule has 0 fully saturated rings. The summed E-state index contributed by atoms with van der Waals surface area (Å²) in [6.45, 7) is 0. The molecule has 0 unspecified atom stereocenters. The van der Waals surface area contributed by atoms with Crippen LogP contribution in [0.3, 0.4) is 0 Å². The van der Waals surface area contributed by atoms with Gasteiger partial charge in [0.05, 0.1) is 22.4 Å². The molecule has 0 radical (unpaired) electrons. The van der Waals surface area contributed by atoms with Crippen LogP contribution in [-0.2, 0) is 0 Å². The van der Waals surface area contributed by atoms with Crippen molar-refractivity contribution in [1.82, 2.24) is 9.55 Å². The highest BCUT2D eigenvalue weighted by Crippen LogP contribution is 2.46. The average molecular weight is 629 g/mol. The van der Waals surface area contributed by atoms with Gasteiger partial charge in [0.25, 0.3) is 0 Å². The Hall–Kier alpha value is -6.03. The predicted octanol–water partition coefficient (Wildman–Crippen LogP) is 12.7. The van der Waals surface area contributed by atoms with Gasteiger partial charge in [0.2, 0.25) is 0 Å². The van der Waals surface area contributed by atoms with Crippen LogP contribution in [-0.4, -0.2) is 9.55 Å². The summed E-state index contributed by atoms with van der Waals surface area (Å²) in [5, 5.41) is 7.59. The van der Waals surface area contributed by atoms with Gasteiger partial charge in [-0.3, -0.25) is 0 Å².